The van der Waals surface area contributed by atoms with Crippen molar-refractivity contribution in [3.63, 3.8) is 0 Å². The Morgan fingerprint density at radius 3 is 2.88 bits per heavy atom. The molecule has 0 bridgehead atoms. The fourth-order valence-electron chi connectivity index (χ4n) is 2.85. The van der Waals surface area contributed by atoms with Gasteiger partial charge in [-0.15, -0.1) is 0 Å². The highest BCUT2D eigenvalue weighted by Gasteiger charge is 2.17. The Hall–Kier alpha value is -3.41. The predicted octanol–water partition coefficient (Wildman–Crippen LogP) is 3.63. The average Bonchev–Trinajstić information content (AvgIpc) is 3.31. The summed E-state index contributed by atoms with van der Waals surface area (Å²) in [4.78, 5) is 17.0. The molecule has 2 aromatic carbocycles. The topological polar surface area (TPSA) is 75.6 Å². The van der Waals surface area contributed by atoms with Crippen molar-refractivity contribution in [2.75, 3.05) is 5.32 Å². The number of H-pyrrole nitrogens is 1. The molecule has 0 fully saturated rings. The number of fused-ring (bicyclic) bond motifs is 1. The third-order valence-corrected chi connectivity index (χ3v) is 4.24. The number of imidazole rings is 1. The summed E-state index contributed by atoms with van der Waals surface area (Å²) >= 11 is 0. The van der Waals surface area contributed by atoms with Crippen LogP contribution in [0, 0.1) is 0 Å². The number of aromatic nitrogens is 4. The number of amides is 1. The molecule has 1 amide bonds. The first-order chi connectivity index (χ1) is 12.2. The second-order valence-electron chi connectivity index (χ2n) is 5.87. The number of rotatable bonds is 4. The van der Waals surface area contributed by atoms with Crippen molar-refractivity contribution in [2.24, 2.45) is 0 Å². The Labute approximate surface area is 144 Å². The van der Waals surface area contributed by atoms with Crippen molar-refractivity contribution in [1.29, 1.82) is 0 Å². The molecule has 2 heterocycles. The van der Waals surface area contributed by atoms with E-state index in [1.165, 1.54) is 0 Å². The maximum Gasteiger partial charge on any atom is 0.247 e. The molecule has 0 saturated carbocycles. The maximum absolute atomic E-state index is 12.7. The second-order valence-corrected chi connectivity index (χ2v) is 5.87. The molecule has 6 nitrogen and oxygen atoms in total. The molecule has 0 aliphatic carbocycles. The zero-order chi connectivity index (χ0) is 17.2. The van der Waals surface area contributed by atoms with Gasteiger partial charge < -0.3 is 9.88 Å². The van der Waals surface area contributed by atoms with Gasteiger partial charge in [-0.3, -0.25) is 9.89 Å². The number of hydrogen-bond acceptors (Lipinski definition) is 3. The maximum atomic E-state index is 12.7. The minimum atomic E-state index is -0.370. The van der Waals surface area contributed by atoms with Gasteiger partial charge in [0.15, 0.2) is 0 Å². The first kappa shape index (κ1) is 15.1. The van der Waals surface area contributed by atoms with E-state index in [9.17, 15) is 4.79 Å². The van der Waals surface area contributed by atoms with Gasteiger partial charge in [0.25, 0.3) is 0 Å². The van der Waals surface area contributed by atoms with E-state index in [4.69, 9.17) is 0 Å². The molecular formula is C19H17N5O. The molecule has 1 atom stereocenters. The van der Waals surface area contributed by atoms with Crippen LogP contribution in [0.1, 0.15) is 13.0 Å². The van der Waals surface area contributed by atoms with E-state index in [1.807, 2.05) is 66.2 Å². The molecule has 0 spiro atoms. The fraction of sp³-hybridized carbons (Fsp3) is 0.105. The van der Waals surface area contributed by atoms with Crippen LogP contribution in [0.15, 0.2) is 67.3 Å². The van der Waals surface area contributed by atoms with E-state index >= 15 is 0 Å². The van der Waals surface area contributed by atoms with E-state index in [0.717, 1.165) is 27.8 Å². The molecule has 2 aromatic heterocycles. The fourth-order valence-corrected chi connectivity index (χ4v) is 2.85. The zero-order valence-corrected chi connectivity index (χ0v) is 13.7. The van der Waals surface area contributed by atoms with E-state index in [2.05, 4.69) is 20.5 Å². The Morgan fingerprint density at radius 1 is 1.16 bits per heavy atom. The first-order valence-electron chi connectivity index (χ1n) is 8.04. The standard InChI is InChI=1S/C19H17N5O/c1-13(24-12-20-17-7-2-3-8-18(17)24)19(25)23-16-6-4-5-14(9-16)15-10-21-22-11-15/h2-13H,1H3,(H,21,22)(H,23,25)/t13-/m1/s1. The van der Waals surface area contributed by atoms with Crippen molar-refractivity contribution in [3.8, 4) is 11.1 Å². The first-order valence-corrected chi connectivity index (χ1v) is 8.04. The van der Waals surface area contributed by atoms with Crippen LogP contribution < -0.4 is 5.32 Å². The van der Waals surface area contributed by atoms with Crippen molar-refractivity contribution in [1.82, 2.24) is 19.7 Å². The SMILES string of the molecule is C[C@H](C(=O)Nc1cccc(-c2cn[nH]c2)c1)n1cnc2ccccc21. The van der Waals surface area contributed by atoms with E-state index in [0.29, 0.717) is 0 Å². The lowest BCUT2D eigenvalue weighted by molar-refractivity contribution is -0.118. The highest BCUT2D eigenvalue weighted by atomic mass is 16.2. The Kier molecular flexibility index (Phi) is 3.78. The van der Waals surface area contributed by atoms with Gasteiger partial charge in [-0.1, -0.05) is 24.3 Å². The van der Waals surface area contributed by atoms with Gasteiger partial charge in [0.05, 0.1) is 23.6 Å². The van der Waals surface area contributed by atoms with Crippen LogP contribution in [0.4, 0.5) is 5.69 Å². The van der Waals surface area contributed by atoms with E-state index < -0.39 is 0 Å². The molecule has 4 rings (SSSR count). The molecule has 124 valence electrons. The summed E-state index contributed by atoms with van der Waals surface area (Å²) in [5.74, 6) is -0.0903. The van der Waals surface area contributed by atoms with Crippen LogP contribution in [0.2, 0.25) is 0 Å². The number of para-hydroxylation sites is 2. The highest BCUT2D eigenvalue weighted by Crippen LogP contribution is 2.23. The molecule has 0 unspecified atom stereocenters. The lowest BCUT2D eigenvalue weighted by Crippen LogP contribution is -2.23. The van der Waals surface area contributed by atoms with Gasteiger partial charge in [0.1, 0.15) is 6.04 Å². The van der Waals surface area contributed by atoms with Crippen molar-refractivity contribution < 1.29 is 4.79 Å². The van der Waals surface area contributed by atoms with Gasteiger partial charge in [-0.05, 0) is 36.8 Å². The van der Waals surface area contributed by atoms with Crippen molar-refractivity contribution in [2.45, 2.75) is 13.0 Å². The van der Waals surface area contributed by atoms with Crippen molar-refractivity contribution >= 4 is 22.6 Å². The minimum Gasteiger partial charge on any atom is -0.324 e. The monoisotopic (exact) mass is 331 g/mol. The van der Waals surface area contributed by atoms with Gasteiger partial charge in [0.2, 0.25) is 5.91 Å². The molecule has 2 N–H and O–H groups in total. The number of anilines is 1. The van der Waals surface area contributed by atoms with Crippen LogP contribution in [0.3, 0.4) is 0 Å². The average molecular weight is 331 g/mol. The Bertz CT molecular complexity index is 1020. The number of nitrogens with one attached hydrogen (secondary N) is 2. The summed E-state index contributed by atoms with van der Waals surface area (Å²) in [6.07, 6.45) is 5.28. The summed E-state index contributed by atoms with van der Waals surface area (Å²) < 4.78 is 1.88. The predicted molar refractivity (Wildman–Crippen MR) is 97.1 cm³/mol. The normalized spacial score (nSPS) is 12.2. The highest BCUT2D eigenvalue weighted by molar-refractivity contribution is 5.95. The third-order valence-electron chi connectivity index (χ3n) is 4.24. The number of carbonyl (C=O) groups excluding carboxylic acids is 1. The number of benzene rings is 2. The van der Waals surface area contributed by atoms with Crippen LogP contribution in [-0.2, 0) is 4.79 Å². The van der Waals surface area contributed by atoms with Gasteiger partial charge in [-0.2, -0.15) is 5.10 Å². The molecule has 0 radical (unpaired) electrons. The van der Waals surface area contributed by atoms with Crippen LogP contribution in [0.5, 0.6) is 0 Å². The largest absolute Gasteiger partial charge is 0.324 e. The summed E-state index contributed by atoms with van der Waals surface area (Å²) in [6.45, 7) is 1.86. The molecule has 25 heavy (non-hydrogen) atoms. The Morgan fingerprint density at radius 2 is 2.04 bits per heavy atom. The summed E-state index contributed by atoms with van der Waals surface area (Å²) in [5.41, 5.74) is 4.54. The second kappa shape index (κ2) is 6.24. The zero-order valence-electron chi connectivity index (χ0n) is 13.7. The lowest BCUT2D eigenvalue weighted by Gasteiger charge is -2.15. The summed E-state index contributed by atoms with van der Waals surface area (Å²) in [5, 5.41) is 9.73. The van der Waals surface area contributed by atoms with Crippen LogP contribution in [0.25, 0.3) is 22.2 Å². The Balaban J connectivity index is 1.57. The number of hydrogen-bond donors (Lipinski definition) is 2. The molecule has 0 aliphatic heterocycles. The van der Waals surface area contributed by atoms with E-state index in [1.54, 1.807) is 12.5 Å². The van der Waals surface area contributed by atoms with Crippen LogP contribution in [-0.4, -0.2) is 25.7 Å². The molecule has 6 heteroatoms. The number of nitrogens with zero attached hydrogens (tertiary/aromatic N) is 3. The molecule has 0 saturated heterocycles. The van der Waals surface area contributed by atoms with Gasteiger partial charge in [-0.25, -0.2) is 4.98 Å². The lowest BCUT2D eigenvalue weighted by atomic mass is 10.1. The smallest absolute Gasteiger partial charge is 0.247 e. The number of carbonyl (C=O) groups is 1. The van der Waals surface area contributed by atoms with Crippen LogP contribution >= 0.6 is 0 Å². The number of aromatic amines is 1. The summed E-state index contributed by atoms with van der Waals surface area (Å²) in [6, 6.07) is 15.1. The van der Waals surface area contributed by atoms with Gasteiger partial charge >= 0.3 is 0 Å². The minimum absolute atomic E-state index is 0.0903. The summed E-state index contributed by atoms with van der Waals surface area (Å²) in [7, 11) is 0. The quantitative estimate of drug-likeness (QED) is 0.599. The van der Waals surface area contributed by atoms with Crippen molar-refractivity contribution in [3.05, 3.63) is 67.3 Å². The van der Waals surface area contributed by atoms with Gasteiger partial charge in [0, 0.05) is 17.4 Å². The molecule has 4 aromatic rings. The van der Waals surface area contributed by atoms with E-state index in [-0.39, 0.29) is 11.9 Å². The third kappa shape index (κ3) is 2.89. The molecule has 0 aliphatic rings. The molecular weight excluding hydrogens is 314 g/mol.